The van der Waals surface area contributed by atoms with E-state index in [9.17, 15) is 0 Å². The molecule has 0 aliphatic carbocycles. The standard InChI is InChI=1S/C62H41N3/c1-5-19-42(20-6-1)47-37-48(43-21-7-2-8-22-43)39-49(38-47)57-41-58(64-62(63-57)45-25-11-4-12-26-45)52-34-33-46(40-56(52)44-23-9-3-10-24-44)50-35-36-61(53-28-14-13-27-51(50)53)65-59-31-17-15-29-54(59)55-30-16-18-32-60(55)65/h1-41H. The van der Waals surface area contributed by atoms with Crippen molar-refractivity contribution >= 4 is 32.6 Å². The van der Waals surface area contributed by atoms with Crippen LogP contribution in [0.4, 0.5) is 0 Å². The molecule has 0 amide bonds. The van der Waals surface area contributed by atoms with Crippen LogP contribution >= 0.6 is 0 Å². The first-order chi connectivity index (χ1) is 32.2. The molecule has 2 heterocycles. The van der Waals surface area contributed by atoms with E-state index >= 15 is 0 Å². The minimum absolute atomic E-state index is 0.680. The number of fused-ring (bicyclic) bond motifs is 4. The largest absolute Gasteiger partial charge is 0.309 e. The highest BCUT2D eigenvalue weighted by atomic mass is 15.0. The first kappa shape index (κ1) is 38.0. The second kappa shape index (κ2) is 16.2. The van der Waals surface area contributed by atoms with Gasteiger partial charge in [-0.15, -0.1) is 0 Å². The van der Waals surface area contributed by atoms with Gasteiger partial charge in [0.15, 0.2) is 5.82 Å². The molecule has 12 rings (SSSR count). The van der Waals surface area contributed by atoms with Crippen LogP contribution in [0.2, 0.25) is 0 Å². The fraction of sp³-hybridized carbons (Fsp3) is 0. The van der Waals surface area contributed by atoms with Crippen LogP contribution in [0.25, 0.3) is 117 Å². The summed E-state index contributed by atoms with van der Waals surface area (Å²) in [5.41, 5.74) is 17.4. The van der Waals surface area contributed by atoms with Gasteiger partial charge in [-0.05, 0) is 98.4 Å². The molecule has 0 atom stereocenters. The SMILES string of the molecule is c1ccc(-c2cc(-c3ccccc3)cc(-c3cc(-c4ccc(-c5ccc(-n6c7ccccc7c7ccccc76)c6ccccc56)cc4-c4ccccc4)nc(-c4ccccc4)n3)c2)cc1. The van der Waals surface area contributed by atoms with E-state index in [4.69, 9.17) is 9.97 Å². The molecule has 65 heavy (non-hydrogen) atoms. The van der Waals surface area contributed by atoms with Gasteiger partial charge in [-0.2, -0.15) is 0 Å². The van der Waals surface area contributed by atoms with Gasteiger partial charge in [0.25, 0.3) is 0 Å². The molecule has 0 N–H and O–H groups in total. The van der Waals surface area contributed by atoms with Gasteiger partial charge in [-0.1, -0.05) is 200 Å². The summed E-state index contributed by atoms with van der Waals surface area (Å²) in [6, 6.07) is 88.9. The van der Waals surface area contributed by atoms with Gasteiger partial charge in [0.1, 0.15) is 0 Å². The van der Waals surface area contributed by atoms with Crippen molar-refractivity contribution in [2.75, 3.05) is 0 Å². The zero-order valence-corrected chi connectivity index (χ0v) is 35.5. The van der Waals surface area contributed by atoms with Crippen molar-refractivity contribution in [3.8, 4) is 84.1 Å². The molecule has 0 bridgehead atoms. The van der Waals surface area contributed by atoms with Gasteiger partial charge in [0.2, 0.25) is 0 Å². The Labute approximate surface area is 378 Å². The Kier molecular flexibility index (Phi) is 9.50. The van der Waals surface area contributed by atoms with Crippen molar-refractivity contribution in [2.24, 2.45) is 0 Å². The predicted octanol–water partition coefficient (Wildman–Crippen LogP) is 16.4. The zero-order chi connectivity index (χ0) is 43.1. The van der Waals surface area contributed by atoms with Crippen molar-refractivity contribution in [2.45, 2.75) is 0 Å². The third-order valence-corrected chi connectivity index (χ3v) is 12.6. The Morgan fingerprint density at radius 2 is 0.708 bits per heavy atom. The monoisotopic (exact) mass is 827 g/mol. The topological polar surface area (TPSA) is 30.7 Å². The normalized spacial score (nSPS) is 11.4. The zero-order valence-electron chi connectivity index (χ0n) is 35.5. The van der Waals surface area contributed by atoms with Crippen LogP contribution in [0, 0.1) is 0 Å². The summed E-state index contributed by atoms with van der Waals surface area (Å²) in [5, 5.41) is 4.90. The molecule has 0 aliphatic heterocycles. The minimum atomic E-state index is 0.680. The Bertz CT molecular complexity index is 3580. The van der Waals surface area contributed by atoms with E-state index in [-0.39, 0.29) is 0 Å². The summed E-state index contributed by atoms with van der Waals surface area (Å²) in [5.74, 6) is 0.680. The molecular weight excluding hydrogens is 787 g/mol. The molecule has 0 spiro atoms. The quantitative estimate of drug-likeness (QED) is 0.153. The molecular formula is C62H41N3. The van der Waals surface area contributed by atoms with Crippen molar-refractivity contribution in [1.29, 1.82) is 0 Å². The molecule has 304 valence electrons. The summed E-state index contributed by atoms with van der Waals surface area (Å²) in [7, 11) is 0. The first-order valence-corrected chi connectivity index (χ1v) is 22.1. The molecule has 0 radical (unpaired) electrons. The lowest BCUT2D eigenvalue weighted by Gasteiger charge is -2.17. The molecule has 3 nitrogen and oxygen atoms in total. The van der Waals surface area contributed by atoms with E-state index in [1.54, 1.807) is 0 Å². The van der Waals surface area contributed by atoms with Crippen LogP contribution in [0.3, 0.4) is 0 Å². The van der Waals surface area contributed by atoms with Gasteiger partial charge < -0.3 is 4.57 Å². The molecule has 0 saturated carbocycles. The fourth-order valence-corrected chi connectivity index (χ4v) is 9.52. The average Bonchev–Trinajstić information content (AvgIpc) is 3.73. The maximum atomic E-state index is 5.38. The lowest BCUT2D eigenvalue weighted by Crippen LogP contribution is -1.98. The highest BCUT2D eigenvalue weighted by molar-refractivity contribution is 6.11. The van der Waals surface area contributed by atoms with Crippen LogP contribution in [-0.4, -0.2) is 14.5 Å². The summed E-state index contributed by atoms with van der Waals surface area (Å²) >= 11 is 0. The second-order valence-corrected chi connectivity index (χ2v) is 16.5. The molecule has 12 aromatic rings. The average molecular weight is 828 g/mol. The van der Waals surface area contributed by atoms with E-state index in [0.717, 1.165) is 72.7 Å². The van der Waals surface area contributed by atoms with Crippen LogP contribution < -0.4 is 0 Å². The maximum absolute atomic E-state index is 5.38. The van der Waals surface area contributed by atoms with Gasteiger partial charge in [0.05, 0.1) is 28.1 Å². The number of aromatic nitrogens is 3. The lowest BCUT2D eigenvalue weighted by molar-refractivity contribution is 1.18. The summed E-state index contributed by atoms with van der Waals surface area (Å²) < 4.78 is 2.42. The van der Waals surface area contributed by atoms with Crippen molar-refractivity contribution in [3.63, 3.8) is 0 Å². The molecule has 3 heteroatoms. The first-order valence-electron chi connectivity index (χ1n) is 22.1. The highest BCUT2D eigenvalue weighted by Gasteiger charge is 2.19. The molecule has 0 aliphatic rings. The summed E-state index contributed by atoms with van der Waals surface area (Å²) in [6.07, 6.45) is 0. The van der Waals surface area contributed by atoms with Crippen LogP contribution in [0.1, 0.15) is 0 Å². The highest BCUT2D eigenvalue weighted by Crippen LogP contribution is 2.42. The molecule has 0 saturated heterocycles. The number of para-hydroxylation sites is 2. The van der Waals surface area contributed by atoms with E-state index in [1.807, 2.05) is 6.07 Å². The van der Waals surface area contributed by atoms with E-state index in [1.165, 1.54) is 38.1 Å². The molecule has 0 fully saturated rings. The third kappa shape index (κ3) is 6.97. The van der Waals surface area contributed by atoms with Crippen LogP contribution in [-0.2, 0) is 0 Å². The minimum Gasteiger partial charge on any atom is -0.309 e. The second-order valence-electron chi connectivity index (χ2n) is 16.5. The van der Waals surface area contributed by atoms with E-state index in [0.29, 0.717) is 5.82 Å². The number of benzene rings is 10. The molecule has 0 unspecified atom stereocenters. The van der Waals surface area contributed by atoms with Gasteiger partial charge >= 0.3 is 0 Å². The Hall–Kier alpha value is -8.66. The number of rotatable bonds is 8. The van der Waals surface area contributed by atoms with Crippen LogP contribution in [0.15, 0.2) is 249 Å². The molecule has 2 aromatic heterocycles. The van der Waals surface area contributed by atoms with Gasteiger partial charge in [-0.25, -0.2) is 9.97 Å². The van der Waals surface area contributed by atoms with Crippen molar-refractivity contribution in [3.05, 3.63) is 249 Å². The third-order valence-electron chi connectivity index (χ3n) is 12.6. The van der Waals surface area contributed by atoms with E-state index in [2.05, 4.69) is 247 Å². The van der Waals surface area contributed by atoms with E-state index < -0.39 is 0 Å². The van der Waals surface area contributed by atoms with Gasteiger partial charge in [0, 0.05) is 32.8 Å². The van der Waals surface area contributed by atoms with Crippen LogP contribution in [0.5, 0.6) is 0 Å². The van der Waals surface area contributed by atoms with Crippen molar-refractivity contribution in [1.82, 2.24) is 14.5 Å². The smallest absolute Gasteiger partial charge is 0.160 e. The molecule has 10 aromatic carbocycles. The summed E-state index contributed by atoms with van der Waals surface area (Å²) in [4.78, 5) is 10.7. The number of hydrogen-bond acceptors (Lipinski definition) is 2. The Morgan fingerprint density at radius 3 is 1.31 bits per heavy atom. The Morgan fingerprint density at radius 1 is 0.246 bits per heavy atom. The van der Waals surface area contributed by atoms with Gasteiger partial charge in [-0.3, -0.25) is 0 Å². The predicted molar refractivity (Wildman–Crippen MR) is 272 cm³/mol. The number of nitrogens with zero attached hydrogens (tertiary/aromatic N) is 3. The fourth-order valence-electron chi connectivity index (χ4n) is 9.52. The summed E-state index contributed by atoms with van der Waals surface area (Å²) in [6.45, 7) is 0. The van der Waals surface area contributed by atoms with Crippen molar-refractivity contribution < 1.29 is 0 Å². The Balaban J connectivity index is 1.05. The maximum Gasteiger partial charge on any atom is 0.160 e. The lowest BCUT2D eigenvalue weighted by atomic mass is 9.90. The number of hydrogen-bond donors (Lipinski definition) is 0.